The molecule has 2 unspecified atom stereocenters. The largest absolute Gasteiger partial charge is 0.393 e. The number of nitro groups is 1. The number of aliphatic hydroxyl groups is 1. The molecule has 0 saturated carbocycles. The van der Waals surface area contributed by atoms with E-state index in [-0.39, 0.29) is 17.5 Å². The van der Waals surface area contributed by atoms with Crippen LogP contribution < -0.4 is 0 Å². The Balaban J connectivity index is 3.32. The fourth-order valence-electron chi connectivity index (χ4n) is 1.94. The second-order valence-electron chi connectivity index (χ2n) is 4.33. The third-order valence-corrected chi connectivity index (χ3v) is 3.05. The maximum Gasteiger partial charge on any atom is 0.292 e. The van der Waals surface area contributed by atoms with Gasteiger partial charge in [-0.2, -0.15) is 0 Å². The van der Waals surface area contributed by atoms with Crippen molar-refractivity contribution in [2.24, 2.45) is 5.92 Å². The van der Waals surface area contributed by atoms with Gasteiger partial charge >= 0.3 is 0 Å². The number of nitrogens with zero attached hydrogens (tertiary/aromatic N) is 2. The van der Waals surface area contributed by atoms with Gasteiger partial charge < -0.3 is 5.11 Å². The number of pyridine rings is 1. The van der Waals surface area contributed by atoms with Crippen molar-refractivity contribution in [3.63, 3.8) is 0 Å². The molecule has 1 heterocycles. The molecular formula is C11H15BrN2O3. The normalized spacial score (nSPS) is 14.7. The monoisotopic (exact) mass is 302 g/mol. The van der Waals surface area contributed by atoms with Crippen LogP contribution >= 0.6 is 15.9 Å². The Labute approximate surface area is 108 Å². The lowest BCUT2D eigenvalue weighted by atomic mass is 9.87. The van der Waals surface area contributed by atoms with Crippen molar-refractivity contribution in [2.45, 2.75) is 32.8 Å². The Morgan fingerprint density at radius 3 is 2.47 bits per heavy atom. The summed E-state index contributed by atoms with van der Waals surface area (Å²) in [6.07, 6.45) is 0.836. The van der Waals surface area contributed by atoms with Crippen LogP contribution in [0.25, 0.3) is 0 Å². The predicted molar refractivity (Wildman–Crippen MR) is 67.9 cm³/mol. The number of hydrogen-bond acceptors (Lipinski definition) is 4. The molecule has 2 atom stereocenters. The lowest BCUT2D eigenvalue weighted by Gasteiger charge is -2.22. The maximum absolute atomic E-state index is 11.0. The first kappa shape index (κ1) is 14.1. The molecule has 94 valence electrons. The van der Waals surface area contributed by atoms with Gasteiger partial charge in [0.05, 0.1) is 11.0 Å². The van der Waals surface area contributed by atoms with Gasteiger partial charge in [0, 0.05) is 22.7 Å². The van der Waals surface area contributed by atoms with Crippen LogP contribution in [-0.2, 0) is 0 Å². The van der Waals surface area contributed by atoms with E-state index in [9.17, 15) is 15.2 Å². The van der Waals surface area contributed by atoms with Crippen molar-refractivity contribution in [1.29, 1.82) is 0 Å². The van der Waals surface area contributed by atoms with Crippen molar-refractivity contribution in [3.05, 3.63) is 32.5 Å². The van der Waals surface area contributed by atoms with Crippen LogP contribution in [0.5, 0.6) is 0 Å². The number of aromatic nitrogens is 1. The summed E-state index contributed by atoms with van der Waals surface area (Å²) in [5.74, 6) is -0.272. The molecule has 0 aliphatic rings. The summed E-state index contributed by atoms with van der Waals surface area (Å²) in [5.41, 5.74) is 0.280. The Morgan fingerprint density at radius 2 is 2.06 bits per heavy atom. The summed E-state index contributed by atoms with van der Waals surface area (Å²) in [6.45, 7) is 5.44. The van der Waals surface area contributed by atoms with Crippen molar-refractivity contribution >= 4 is 21.6 Å². The molecule has 17 heavy (non-hydrogen) atoms. The topological polar surface area (TPSA) is 76.3 Å². The Morgan fingerprint density at radius 1 is 1.47 bits per heavy atom. The molecule has 5 nitrogen and oxygen atoms in total. The van der Waals surface area contributed by atoms with Crippen LogP contribution in [0.15, 0.2) is 16.7 Å². The summed E-state index contributed by atoms with van der Waals surface area (Å²) in [5, 5.41) is 20.7. The molecule has 0 aliphatic heterocycles. The summed E-state index contributed by atoms with van der Waals surface area (Å²) in [4.78, 5) is 14.6. The minimum absolute atomic E-state index is 0.0565. The lowest BCUT2D eigenvalue weighted by Crippen LogP contribution is -2.22. The minimum Gasteiger partial charge on any atom is -0.393 e. The first-order chi connectivity index (χ1) is 7.84. The lowest BCUT2D eigenvalue weighted by molar-refractivity contribution is -0.386. The van der Waals surface area contributed by atoms with E-state index in [1.165, 1.54) is 12.3 Å². The Kier molecular flexibility index (Phi) is 4.59. The first-order valence-corrected chi connectivity index (χ1v) is 6.11. The highest BCUT2D eigenvalue weighted by atomic mass is 79.9. The quantitative estimate of drug-likeness (QED) is 0.685. The zero-order chi connectivity index (χ0) is 13.2. The molecule has 1 N–H and O–H groups in total. The highest BCUT2D eigenvalue weighted by Crippen LogP contribution is 2.33. The number of rotatable bonds is 4. The van der Waals surface area contributed by atoms with Crippen LogP contribution in [0.3, 0.4) is 0 Å². The average Bonchev–Trinajstić information content (AvgIpc) is 2.19. The molecule has 1 rings (SSSR count). The molecule has 6 heteroatoms. The van der Waals surface area contributed by atoms with Gasteiger partial charge in [0.1, 0.15) is 5.69 Å². The van der Waals surface area contributed by atoms with Crippen LogP contribution in [0, 0.1) is 16.0 Å². The minimum atomic E-state index is -0.678. The van der Waals surface area contributed by atoms with E-state index in [2.05, 4.69) is 20.9 Å². The van der Waals surface area contributed by atoms with Crippen molar-refractivity contribution in [2.75, 3.05) is 0 Å². The molecule has 0 aromatic carbocycles. The molecule has 0 spiro atoms. The van der Waals surface area contributed by atoms with E-state index < -0.39 is 11.0 Å². The molecule has 1 aromatic rings. The van der Waals surface area contributed by atoms with E-state index in [1.54, 1.807) is 6.92 Å². The molecule has 0 aliphatic carbocycles. The van der Waals surface area contributed by atoms with Gasteiger partial charge in [-0.25, -0.2) is 0 Å². The van der Waals surface area contributed by atoms with Gasteiger partial charge in [0.2, 0.25) is 0 Å². The van der Waals surface area contributed by atoms with Crippen molar-refractivity contribution in [3.8, 4) is 0 Å². The number of halogens is 1. The second kappa shape index (κ2) is 5.55. The van der Waals surface area contributed by atoms with Gasteiger partial charge in [-0.05, 0) is 28.8 Å². The van der Waals surface area contributed by atoms with Gasteiger partial charge in [-0.3, -0.25) is 15.1 Å². The highest BCUT2D eigenvalue weighted by Gasteiger charge is 2.30. The van der Waals surface area contributed by atoms with E-state index in [0.717, 1.165) is 0 Å². The maximum atomic E-state index is 11.0. The van der Waals surface area contributed by atoms with E-state index in [4.69, 9.17) is 0 Å². The van der Waals surface area contributed by atoms with Crippen LogP contribution in [0.1, 0.15) is 32.4 Å². The SMILES string of the molecule is CC(C)C(c1ncc(Br)cc1[N+](=O)[O-])C(C)O. The summed E-state index contributed by atoms with van der Waals surface area (Å²) in [7, 11) is 0. The first-order valence-electron chi connectivity index (χ1n) is 5.32. The molecule has 0 amide bonds. The smallest absolute Gasteiger partial charge is 0.292 e. The molecule has 0 bridgehead atoms. The predicted octanol–water partition coefficient (Wildman–Crippen LogP) is 2.87. The van der Waals surface area contributed by atoms with E-state index in [1.807, 2.05) is 13.8 Å². The molecule has 1 aromatic heterocycles. The fourth-order valence-corrected chi connectivity index (χ4v) is 2.26. The molecular weight excluding hydrogens is 288 g/mol. The van der Waals surface area contributed by atoms with Gasteiger partial charge in [-0.15, -0.1) is 0 Å². The van der Waals surface area contributed by atoms with Gasteiger partial charge in [0.25, 0.3) is 5.69 Å². The van der Waals surface area contributed by atoms with Crippen molar-refractivity contribution < 1.29 is 10.0 Å². The average molecular weight is 303 g/mol. The zero-order valence-corrected chi connectivity index (χ0v) is 11.5. The summed E-state index contributed by atoms with van der Waals surface area (Å²) >= 11 is 3.16. The van der Waals surface area contributed by atoms with Crippen LogP contribution in [0.2, 0.25) is 0 Å². The molecule has 0 radical (unpaired) electrons. The van der Waals surface area contributed by atoms with Crippen LogP contribution in [0.4, 0.5) is 5.69 Å². The van der Waals surface area contributed by atoms with Crippen LogP contribution in [-0.4, -0.2) is 21.1 Å². The van der Waals surface area contributed by atoms with Gasteiger partial charge in [-0.1, -0.05) is 13.8 Å². The van der Waals surface area contributed by atoms with Gasteiger partial charge in [0.15, 0.2) is 0 Å². The molecule has 0 fully saturated rings. The number of aliphatic hydroxyl groups excluding tert-OH is 1. The highest BCUT2D eigenvalue weighted by molar-refractivity contribution is 9.10. The third kappa shape index (κ3) is 3.23. The Hall–Kier alpha value is -1.01. The molecule has 0 saturated heterocycles. The Bertz CT molecular complexity index is 413. The zero-order valence-electron chi connectivity index (χ0n) is 9.92. The third-order valence-electron chi connectivity index (χ3n) is 2.61. The van der Waals surface area contributed by atoms with E-state index >= 15 is 0 Å². The van der Waals surface area contributed by atoms with Crippen molar-refractivity contribution in [1.82, 2.24) is 4.98 Å². The fraction of sp³-hybridized carbons (Fsp3) is 0.545. The number of hydrogen-bond donors (Lipinski definition) is 1. The summed E-state index contributed by atoms with van der Waals surface area (Å²) in [6, 6.07) is 1.42. The summed E-state index contributed by atoms with van der Waals surface area (Å²) < 4.78 is 0.557. The second-order valence-corrected chi connectivity index (χ2v) is 5.24. The standard InChI is InChI=1S/C11H15BrN2O3/c1-6(2)10(7(3)15)11-9(14(16)17)4-8(12)5-13-11/h4-7,10,15H,1-3H3. The van der Waals surface area contributed by atoms with E-state index in [0.29, 0.717) is 10.2 Å².